The maximum absolute atomic E-state index is 12.4. The third kappa shape index (κ3) is 2.32. The molecule has 0 unspecified atom stereocenters. The molecule has 118 valence electrons. The standard InChI is InChI=1S/C17H17N3O3/c1-10-9-14(21)19(12(3)17(22)23)16-15(10)11(2)18-20(16)13-7-5-4-6-8-13/h4-9,12H,1-3H3,(H,22,23)/p-1/t12-/m0/s1. The van der Waals surface area contributed by atoms with Crippen molar-refractivity contribution in [1.82, 2.24) is 14.3 Å². The van der Waals surface area contributed by atoms with Crippen molar-refractivity contribution in [3.63, 3.8) is 0 Å². The van der Waals surface area contributed by atoms with Crippen molar-refractivity contribution in [1.29, 1.82) is 0 Å². The predicted octanol–water partition coefficient (Wildman–Crippen LogP) is 1.11. The van der Waals surface area contributed by atoms with E-state index in [0.29, 0.717) is 5.65 Å². The average molecular weight is 310 g/mol. The number of nitrogens with zero attached hydrogens (tertiary/aromatic N) is 3. The van der Waals surface area contributed by atoms with Crippen LogP contribution in [-0.2, 0) is 4.79 Å². The molecule has 0 aliphatic heterocycles. The van der Waals surface area contributed by atoms with Gasteiger partial charge in [0.2, 0.25) is 0 Å². The van der Waals surface area contributed by atoms with Crippen LogP contribution in [-0.4, -0.2) is 20.3 Å². The zero-order valence-corrected chi connectivity index (χ0v) is 13.1. The number of carbonyl (C=O) groups is 1. The first-order valence-electron chi connectivity index (χ1n) is 7.29. The number of carboxylic acid groups (broad SMARTS) is 1. The minimum atomic E-state index is -1.31. The number of benzene rings is 1. The molecule has 0 saturated carbocycles. The molecule has 0 bridgehead atoms. The van der Waals surface area contributed by atoms with Crippen molar-refractivity contribution < 1.29 is 9.90 Å². The van der Waals surface area contributed by atoms with Gasteiger partial charge in [-0.2, -0.15) is 5.10 Å². The van der Waals surface area contributed by atoms with Gasteiger partial charge in [0.05, 0.1) is 23.4 Å². The van der Waals surface area contributed by atoms with E-state index in [9.17, 15) is 14.7 Å². The molecule has 3 aromatic rings. The summed E-state index contributed by atoms with van der Waals surface area (Å²) < 4.78 is 2.84. The van der Waals surface area contributed by atoms with Crippen molar-refractivity contribution in [2.45, 2.75) is 26.8 Å². The quantitative estimate of drug-likeness (QED) is 0.726. The number of para-hydroxylation sites is 1. The fourth-order valence-electron chi connectivity index (χ4n) is 2.86. The monoisotopic (exact) mass is 310 g/mol. The molecule has 0 amide bonds. The van der Waals surface area contributed by atoms with Gasteiger partial charge in [-0.1, -0.05) is 18.2 Å². The maximum Gasteiger partial charge on any atom is 0.253 e. The molecule has 1 aromatic carbocycles. The molecule has 2 heterocycles. The molecule has 0 saturated heterocycles. The van der Waals surface area contributed by atoms with E-state index in [1.807, 2.05) is 44.2 Å². The van der Waals surface area contributed by atoms with Gasteiger partial charge in [0.1, 0.15) is 5.65 Å². The van der Waals surface area contributed by atoms with Gasteiger partial charge in [-0.25, -0.2) is 4.68 Å². The molecule has 0 radical (unpaired) electrons. The van der Waals surface area contributed by atoms with Crippen molar-refractivity contribution in [3.05, 3.63) is 58.0 Å². The predicted molar refractivity (Wildman–Crippen MR) is 84.5 cm³/mol. The minimum Gasteiger partial charge on any atom is -0.548 e. The molecular formula is C17H16N3O3-. The number of aryl methyl sites for hydroxylation is 2. The summed E-state index contributed by atoms with van der Waals surface area (Å²) in [6, 6.07) is 9.65. The van der Waals surface area contributed by atoms with Crippen LogP contribution in [0, 0.1) is 13.8 Å². The first-order chi connectivity index (χ1) is 10.9. The summed E-state index contributed by atoms with van der Waals surface area (Å²) in [5.41, 5.74) is 2.35. The van der Waals surface area contributed by atoms with Gasteiger partial charge in [0.15, 0.2) is 0 Å². The van der Waals surface area contributed by atoms with Gasteiger partial charge in [-0.3, -0.25) is 9.36 Å². The second kappa shape index (κ2) is 5.39. The van der Waals surface area contributed by atoms with Crippen molar-refractivity contribution in [2.24, 2.45) is 0 Å². The number of fused-ring (bicyclic) bond motifs is 1. The summed E-state index contributed by atoms with van der Waals surface area (Å²) in [4.78, 5) is 23.8. The highest BCUT2D eigenvalue weighted by Gasteiger charge is 2.20. The van der Waals surface area contributed by atoms with Crippen molar-refractivity contribution in [3.8, 4) is 5.69 Å². The number of aliphatic carboxylic acids is 1. The maximum atomic E-state index is 12.4. The smallest absolute Gasteiger partial charge is 0.253 e. The van der Waals surface area contributed by atoms with Crippen LogP contribution in [0.2, 0.25) is 0 Å². The Hall–Kier alpha value is -2.89. The Morgan fingerprint density at radius 3 is 2.48 bits per heavy atom. The Balaban J connectivity index is 2.48. The number of aromatic nitrogens is 3. The number of rotatable bonds is 3. The Labute approximate surface area is 132 Å². The first-order valence-corrected chi connectivity index (χ1v) is 7.29. The Bertz CT molecular complexity index is 955. The van der Waals surface area contributed by atoms with Crippen molar-refractivity contribution >= 4 is 17.0 Å². The van der Waals surface area contributed by atoms with Crippen LogP contribution in [0.1, 0.15) is 24.2 Å². The Kier molecular flexibility index (Phi) is 3.52. The molecule has 6 nitrogen and oxygen atoms in total. The fourth-order valence-corrected chi connectivity index (χ4v) is 2.86. The molecule has 1 atom stereocenters. The van der Waals surface area contributed by atoms with E-state index in [1.54, 1.807) is 4.68 Å². The Morgan fingerprint density at radius 2 is 1.87 bits per heavy atom. The lowest BCUT2D eigenvalue weighted by atomic mass is 10.1. The second-order valence-electron chi connectivity index (χ2n) is 5.56. The molecule has 23 heavy (non-hydrogen) atoms. The number of pyridine rings is 1. The summed E-state index contributed by atoms with van der Waals surface area (Å²) in [5.74, 6) is -1.31. The SMILES string of the molecule is Cc1cc(=O)n([C@@H](C)C(=O)[O-])c2c1c(C)nn2-c1ccccc1. The number of hydrogen-bond acceptors (Lipinski definition) is 4. The number of hydrogen-bond donors (Lipinski definition) is 0. The molecule has 0 fully saturated rings. The molecule has 0 aliphatic carbocycles. The summed E-state index contributed by atoms with van der Waals surface area (Å²) in [6.45, 7) is 5.10. The largest absolute Gasteiger partial charge is 0.548 e. The van der Waals surface area contributed by atoms with Crippen molar-refractivity contribution in [2.75, 3.05) is 0 Å². The summed E-state index contributed by atoms with van der Waals surface area (Å²) in [5, 5.41) is 16.6. The highest BCUT2D eigenvalue weighted by Crippen LogP contribution is 2.25. The fraction of sp³-hybridized carbons (Fsp3) is 0.235. The number of carboxylic acids is 1. The lowest BCUT2D eigenvalue weighted by molar-refractivity contribution is -0.309. The molecule has 3 rings (SSSR count). The first kappa shape index (κ1) is 15.0. The summed E-state index contributed by atoms with van der Waals surface area (Å²) in [7, 11) is 0. The van der Waals surface area contributed by atoms with E-state index in [0.717, 1.165) is 22.3 Å². The van der Waals surface area contributed by atoms with E-state index < -0.39 is 12.0 Å². The van der Waals surface area contributed by atoms with Gasteiger partial charge in [-0.15, -0.1) is 0 Å². The zero-order valence-electron chi connectivity index (χ0n) is 13.1. The van der Waals surface area contributed by atoms with Gasteiger partial charge in [0.25, 0.3) is 5.56 Å². The molecule has 0 spiro atoms. The van der Waals surface area contributed by atoms with Crippen LogP contribution >= 0.6 is 0 Å². The van der Waals surface area contributed by atoms with Crippen LogP contribution < -0.4 is 10.7 Å². The van der Waals surface area contributed by atoms with Crippen LogP contribution in [0.3, 0.4) is 0 Å². The van der Waals surface area contributed by atoms with Crippen LogP contribution in [0.25, 0.3) is 16.7 Å². The molecular weight excluding hydrogens is 294 g/mol. The van der Waals surface area contributed by atoms with E-state index in [4.69, 9.17) is 0 Å². The zero-order chi connectivity index (χ0) is 16.7. The van der Waals surface area contributed by atoms with Gasteiger partial charge in [0, 0.05) is 11.5 Å². The van der Waals surface area contributed by atoms with E-state index >= 15 is 0 Å². The minimum absolute atomic E-state index is 0.385. The molecule has 2 aromatic heterocycles. The highest BCUT2D eigenvalue weighted by molar-refractivity contribution is 5.85. The van der Waals surface area contributed by atoms with Crippen LogP contribution in [0.5, 0.6) is 0 Å². The molecule has 0 N–H and O–H groups in total. The molecule has 6 heteroatoms. The van der Waals surface area contributed by atoms with Gasteiger partial charge >= 0.3 is 0 Å². The van der Waals surface area contributed by atoms with Gasteiger partial charge < -0.3 is 9.90 Å². The topological polar surface area (TPSA) is 79.9 Å². The highest BCUT2D eigenvalue weighted by atomic mass is 16.4. The number of carbonyl (C=O) groups excluding carboxylic acids is 1. The third-order valence-corrected chi connectivity index (χ3v) is 3.97. The lowest BCUT2D eigenvalue weighted by Crippen LogP contribution is -2.37. The summed E-state index contributed by atoms with van der Waals surface area (Å²) >= 11 is 0. The van der Waals surface area contributed by atoms with Crippen LogP contribution in [0.4, 0.5) is 0 Å². The van der Waals surface area contributed by atoms with E-state index in [2.05, 4.69) is 5.10 Å². The average Bonchev–Trinajstić information content (AvgIpc) is 2.85. The normalized spacial score (nSPS) is 12.5. The lowest BCUT2D eigenvalue weighted by Gasteiger charge is -2.19. The third-order valence-electron chi connectivity index (χ3n) is 3.97. The van der Waals surface area contributed by atoms with E-state index in [-0.39, 0.29) is 5.56 Å². The van der Waals surface area contributed by atoms with Crippen LogP contribution in [0.15, 0.2) is 41.2 Å². The Morgan fingerprint density at radius 1 is 1.22 bits per heavy atom. The summed E-state index contributed by atoms with van der Waals surface area (Å²) in [6.07, 6.45) is 0. The van der Waals surface area contributed by atoms with Gasteiger partial charge in [-0.05, 0) is 38.5 Å². The second-order valence-corrected chi connectivity index (χ2v) is 5.56. The van der Waals surface area contributed by atoms with E-state index in [1.165, 1.54) is 17.6 Å². The molecule has 0 aliphatic rings.